The molecule has 0 aliphatic carbocycles. The number of hydrogen-bond acceptors (Lipinski definition) is 5. The average Bonchev–Trinajstić information content (AvgIpc) is 3.19. The second kappa shape index (κ2) is 6.09. The molecule has 3 amide bonds. The molecule has 2 heterocycles. The summed E-state index contributed by atoms with van der Waals surface area (Å²) in [6, 6.07) is 9.91. The van der Waals surface area contributed by atoms with Gasteiger partial charge in [-0.25, -0.2) is 9.59 Å². The van der Waals surface area contributed by atoms with Crippen LogP contribution < -0.4 is 5.32 Å². The van der Waals surface area contributed by atoms with Crippen molar-refractivity contribution in [2.45, 2.75) is 19.0 Å². The lowest BCUT2D eigenvalue weighted by Crippen LogP contribution is -2.40. The van der Waals surface area contributed by atoms with E-state index in [-0.39, 0.29) is 12.5 Å². The quantitative estimate of drug-likeness (QED) is 0.683. The summed E-state index contributed by atoms with van der Waals surface area (Å²) in [5.74, 6) is -0.768. The van der Waals surface area contributed by atoms with Crippen molar-refractivity contribution >= 4 is 29.2 Å². The minimum Gasteiger partial charge on any atom is -0.465 e. The first-order valence-corrected chi connectivity index (χ1v) is 8.19. The third kappa shape index (κ3) is 2.67. The van der Waals surface area contributed by atoms with E-state index in [1.165, 1.54) is 18.4 Å². The maximum absolute atomic E-state index is 12.8. The Balaban J connectivity index is 1.85. The molecule has 0 saturated carbocycles. The maximum atomic E-state index is 12.8. The lowest BCUT2D eigenvalue weighted by molar-refractivity contribution is -0.131. The minimum absolute atomic E-state index is 0.0937. The summed E-state index contributed by atoms with van der Waals surface area (Å²) in [5, 5.41) is 4.62. The second-order valence-electron chi connectivity index (χ2n) is 5.62. The van der Waals surface area contributed by atoms with Gasteiger partial charge in [0.25, 0.3) is 5.91 Å². The fourth-order valence-electron chi connectivity index (χ4n) is 2.67. The highest BCUT2D eigenvalue weighted by atomic mass is 32.1. The van der Waals surface area contributed by atoms with Gasteiger partial charge < -0.3 is 10.1 Å². The Morgan fingerprint density at radius 1 is 1.29 bits per heavy atom. The topological polar surface area (TPSA) is 75.7 Å². The Morgan fingerprint density at radius 2 is 2.08 bits per heavy atom. The van der Waals surface area contributed by atoms with Crippen molar-refractivity contribution in [2.75, 3.05) is 7.11 Å². The van der Waals surface area contributed by atoms with Crippen LogP contribution >= 0.6 is 11.3 Å². The number of carbonyl (C=O) groups excluding carboxylic acids is 3. The van der Waals surface area contributed by atoms with Gasteiger partial charge in [-0.15, -0.1) is 11.3 Å². The summed E-state index contributed by atoms with van der Waals surface area (Å²) in [6.07, 6.45) is 0. The van der Waals surface area contributed by atoms with E-state index in [4.69, 9.17) is 0 Å². The molecule has 124 valence electrons. The number of amides is 3. The first-order valence-electron chi connectivity index (χ1n) is 7.31. The first kappa shape index (κ1) is 16.2. The SMILES string of the molecule is COC(=O)c1cccc(CN2C(=O)NC(C)(c3cccs3)C2=O)c1. The van der Waals surface area contributed by atoms with Gasteiger partial charge in [0.15, 0.2) is 5.54 Å². The molecule has 1 saturated heterocycles. The van der Waals surface area contributed by atoms with E-state index in [1.807, 2.05) is 17.5 Å². The summed E-state index contributed by atoms with van der Waals surface area (Å²) >= 11 is 1.42. The van der Waals surface area contributed by atoms with Crippen molar-refractivity contribution in [1.82, 2.24) is 10.2 Å². The second-order valence-corrected chi connectivity index (χ2v) is 6.56. The number of esters is 1. The molecular weight excluding hydrogens is 328 g/mol. The molecule has 1 aromatic heterocycles. The van der Waals surface area contributed by atoms with Crippen LogP contribution in [0.3, 0.4) is 0 Å². The van der Waals surface area contributed by atoms with Crippen LogP contribution in [-0.4, -0.2) is 29.9 Å². The molecular formula is C17H16N2O4S. The van der Waals surface area contributed by atoms with Crippen LogP contribution in [0.1, 0.15) is 27.7 Å². The van der Waals surface area contributed by atoms with Crippen LogP contribution in [0.25, 0.3) is 0 Å². The fourth-order valence-corrected chi connectivity index (χ4v) is 3.50. The van der Waals surface area contributed by atoms with Gasteiger partial charge in [0, 0.05) is 4.88 Å². The zero-order chi connectivity index (χ0) is 17.3. The van der Waals surface area contributed by atoms with Crippen LogP contribution in [-0.2, 0) is 21.6 Å². The predicted octanol–water partition coefficient (Wildman–Crippen LogP) is 2.50. The molecule has 1 unspecified atom stereocenters. The van der Waals surface area contributed by atoms with Crippen molar-refractivity contribution in [1.29, 1.82) is 0 Å². The molecule has 1 atom stereocenters. The summed E-state index contributed by atoms with van der Waals surface area (Å²) < 4.78 is 4.69. The van der Waals surface area contributed by atoms with Crippen LogP contribution in [0.5, 0.6) is 0 Å². The van der Waals surface area contributed by atoms with Crippen LogP contribution in [0, 0.1) is 0 Å². The highest BCUT2D eigenvalue weighted by Gasteiger charge is 2.49. The summed E-state index contributed by atoms with van der Waals surface area (Å²) in [7, 11) is 1.30. The number of thiophene rings is 1. The number of hydrogen-bond donors (Lipinski definition) is 1. The zero-order valence-electron chi connectivity index (χ0n) is 13.2. The maximum Gasteiger partial charge on any atom is 0.337 e. The first-order chi connectivity index (χ1) is 11.5. The van der Waals surface area contributed by atoms with Crippen molar-refractivity contribution in [3.63, 3.8) is 0 Å². The number of carbonyl (C=O) groups is 3. The largest absolute Gasteiger partial charge is 0.465 e. The molecule has 1 N–H and O–H groups in total. The van der Waals surface area contributed by atoms with Gasteiger partial charge in [0.1, 0.15) is 0 Å². The van der Waals surface area contributed by atoms with Crippen LogP contribution in [0.2, 0.25) is 0 Å². The van der Waals surface area contributed by atoms with Gasteiger partial charge in [-0.1, -0.05) is 18.2 Å². The molecule has 2 aromatic rings. The summed E-state index contributed by atoms with van der Waals surface area (Å²) in [6.45, 7) is 1.79. The lowest BCUT2D eigenvalue weighted by Gasteiger charge is -2.20. The van der Waals surface area contributed by atoms with Gasteiger partial charge in [0.2, 0.25) is 0 Å². The van der Waals surface area contributed by atoms with Gasteiger partial charge >= 0.3 is 12.0 Å². The summed E-state index contributed by atoms with van der Waals surface area (Å²) in [5.41, 5.74) is 0.00508. The molecule has 7 heteroatoms. The number of benzene rings is 1. The third-order valence-corrected chi connectivity index (χ3v) is 5.07. The monoisotopic (exact) mass is 344 g/mol. The summed E-state index contributed by atoms with van der Waals surface area (Å²) in [4.78, 5) is 38.6. The smallest absolute Gasteiger partial charge is 0.337 e. The highest BCUT2D eigenvalue weighted by molar-refractivity contribution is 7.10. The minimum atomic E-state index is -1.05. The normalized spacial score (nSPS) is 20.2. The molecule has 1 fully saturated rings. The number of methoxy groups -OCH3 is 1. The van der Waals surface area contributed by atoms with E-state index < -0.39 is 17.5 Å². The average molecular weight is 344 g/mol. The van der Waals surface area contributed by atoms with E-state index >= 15 is 0 Å². The van der Waals surface area contributed by atoms with E-state index in [0.29, 0.717) is 11.1 Å². The van der Waals surface area contributed by atoms with E-state index in [1.54, 1.807) is 31.2 Å². The molecule has 0 spiro atoms. The number of nitrogens with zero attached hydrogens (tertiary/aromatic N) is 1. The van der Waals surface area contributed by atoms with E-state index in [2.05, 4.69) is 10.1 Å². The van der Waals surface area contributed by atoms with Gasteiger partial charge in [-0.05, 0) is 36.1 Å². The Morgan fingerprint density at radius 3 is 2.75 bits per heavy atom. The van der Waals surface area contributed by atoms with Crippen molar-refractivity contribution < 1.29 is 19.1 Å². The van der Waals surface area contributed by atoms with E-state index in [9.17, 15) is 14.4 Å². The Bertz CT molecular complexity index is 803. The van der Waals surface area contributed by atoms with E-state index in [0.717, 1.165) is 9.78 Å². The Hall–Kier alpha value is -2.67. The Kier molecular flexibility index (Phi) is 4.11. The molecule has 0 bridgehead atoms. The molecule has 1 aliphatic heterocycles. The number of ether oxygens (including phenoxy) is 1. The highest BCUT2D eigenvalue weighted by Crippen LogP contribution is 2.32. The van der Waals surface area contributed by atoms with Gasteiger partial charge in [-0.3, -0.25) is 9.69 Å². The molecule has 3 rings (SSSR count). The van der Waals surface area contributed by atoms with Crippen molar-refractivity contribution in [3.05, 3.63) is 57.8 Å². The standard InChI is InChI=1S/C17H16N2O4S/c1-17(13-7-4-8-24-13)15(21)19(16(22)18-17)10-11-5-3-6-12(9-11)14(20)23-2/h3-9H,10H2,1-2H3,(H,18,22). The molecule has 24 heavy (non-hydrogen) atoms. The Labute approximate surface area is 143 Å². The van der Waals surface area contributed by atoms with Crippen LogP contribution in [0.4, 0.5) is 4.79 Å². The zero-order valence-corrected chi connectivity index (χ0v) is 14.1. The molecule has 0 radical (unpaired) electrons. The van der Waals surface area contributed by atoms with Crippen LogP contribution in [0.15, 0.2) is 41.8 Å². The number of nitrogens with one attached hydrogen (secondary N) is 1. The molecule has 1 aromatic carbocycles. The van der Waals surface area contributed by atoms with Crippen molar-refractivity contribution in [3.8, 4) is 0 Å². The predicted molar refractivity (Wildman–Crippen MR) is 88.5 cm³/mol. The number of urea groups is 1. The number of rotatable bonds is 4. The number of imide groups is 1. The fraction of sp³-hybridized carbons (Fsp3) is 0.235. The molecule has 1 aliphatic rings. The lowest BCUT2D eigenvalue weighted by atomic mass is 10.0. The third-order valence-electron chi connectivity index (χ3n) is 3.98. The van der Waals surface area contributed by atoms with Crippen molar-refractivity contribution in [2.24, 2.45) is 0 Å². The van der Waals surface area contributed by atoms with Gasteiger partial charge in [0.05, 0.1) is 19.2 Å². The molecule has 6 nitrogen and oxygen atoms in total. The van der Waals surface area contributed by atoms with Gasteiger partial charge in [-0.2, -0.15) is 0 Å².